The Morgan fingerprint density at radius 2 is 0.675 bits per heavy atom. The molecular weight excluding hydrogens is 1050 g/mol. The lowest BCUT2D eigenvalue weighted by Gasteiger charge is -2.21. The highest BCUT2D eigenvalue weighted by Gasteiger charge is 2.29. The van der Waals surface area contributed by atoms with Gasteiger partial charge in [-0.3, -0.25) is 14.4 Å². The monoisotopic (exact) mass is 1100 g/mol. The number of ketones is 2. The summed E-state index contributed by atoms with van der Waals surface area (Å²) >= 11 is 3.91. The predicted molar refractivity (Wildman–Crippen MR) is 324 cm³/mol. The van der Waals surface area contributed by atoms with Crippen molar-refractivity contribution in [2.45, 2.75) is 32.4 Å². The molecule has 0 saturated carbocycles. The van der Waals surface area contributed by atoms with E-state index >= 15 is 0 Å². The van der Waals surface area contributed by atoms with E-state index < -0.39 is 22.4 Å². The Bertz CT molecular complexity index is 3970. The van der Waals surface area contributed by atoms with Gasteiger partial charge in [0.2, 0.25) is 5.43 Å². The van der Waals surface area contributed by atoms with Crippen LogP contribution in [0.4, 0.5) is 0 Å². The Labute approximate surface area is 476 Å². The van der Waals surface area contributed by atoms with Gasteiger partial charge in [0.15, 0.2) is 31.1 Å². The molecule has 12 aromatic rings. The molecule has 9 heteroatoms. The highest BCUT2D eigenvalue weighted by atomic mass is 35.5. The topological polar surface area (TPSA) is 110 Å². The number of hydrogen-bond acceptors (Lipinski definition) is 6. The van der Waals surface area contributed by atoms with Crippen LogP contribution in [0, 0.1) is 0 Å². The van der Waals surface area contributed by atoms with E-state index in [2.05, 4.69) is 24.3 Å². The molecular formula is C71H51ClO6S2. The van der Waals surface area contributed by atoms with Gasteiger partial charge in [0.25, 0.3) is 0 Å². The average Bonchev–Trinajstić information content (AvgIpc) is 3.53. The number of rotatable bonds is 5. The maximum atomic E-state index is 12.3. The summed E-state index contributed by atoms with van der Waals surface area (Å²) < 4.78 is 30.1. The molecule has 11 aromatic carbocycles. The van der Waals surface area contributed by atoms with Crippen LogP contribution in [0.5, 0.6) is 0 Å². The third-order valence-electron chi connectivity index (χ3n) is 13.3. The van der Waals surface area contributed by atoms with Gasteiger partial charge in [0, 0.05) is 84.7 Å². The van der Waals surface area contributed by atoms with Crippen LogP contribution >= 0.6 is 11.6 Å². The second-order valence-electron chi connectivity index (χ2n) is 18.6. The van der Waals surface area contributed by atoms with Gasteiger partial charge in [-0.2, -0.15) is 0 Å². The first-order chi connectivity index (χ1) is 39.2. The molecule has 14 rings (SSSR count). The van der Waals surface area contributed by atoms with Crippen LogP contribution < -0.4 is 5.43 Å². The Morgan fingerprint density at radius 1 is 0.350 bits per heavy atom. The summed E-state index contributed by atoms with van der Waals surface area (Å²) in [6, 6.07) is 89.8. The molecule has 0 amide bonds. The second kappa shape index (κ2) is 26.2. The Hall–Kier alpha value is -8.86. The average molecular weight is 1100 g/mol. The molecule has 1 aromatic heterocycles. The van der Waals surface area contributed by atoms with Crippen LogP contribution in [0.1, 0.15) is 54.1 Å². The highest BCUT2D eigenvalue weighted by molar-refractivity contribution is 7.92. The number of para-hydroxylation sites is 2. The van der Waals surface area contributed by atoms with Crippen molar-refractivity contribution in [1.82, 2.24) is 0 Å². The predicted octanol–water partition coefficient (Wildman–Crippen LogP) is 16.6. The molecule has 0 fully saturated rings. The molecule has 80 heavy (non-hydrogen) atoms. The van der Waals surface area contributed by atoms with E-state index in [1.807, 2.05) is 243 Å². The zero-order chi connectivity index (χ0) is 55.2. The summed E-state index contributed by atoms with van der Waals surface area (Å²) in [5.41, 5.74) is 11.1. The molecule has 0 N–H and O–H groups in total. The second-order valence-corrected chi connectivity index (χ2v) is 21.9. The van der Waals surface area contributed by atoms with Crippen molar-refractivity contribution in [3.8, 4) is 11.1 Å². The molecule has 6 nitrogen and oxygen atoms in total. The molecule has 0 bridgehead atoms. The van der Waals surface area contributed by atoms with E-state index in [-0.39, 0.29) is 17.0 Å². The van der Waals surface area contributed by atoms with Gasteiger partial charge in [0.1, 0.15) is 11.2 Å². The number of carbonyl (C=O) groups is 2. The van der Waals surface area contributed by atoms with E-state index in [0.29, 0.717) is 27.0 Å². The van der Waals surface area contributed by atoms with Crippen molar-refractivity contribution < 1.29 is 23.1 Å². The maximum Gasteiger partial charge on any atom is 0.200 e. The first-order valence-corrected chi connectivity index (χ1v) is 28.5. The number of fused-ring (bicyclic) bond motifs is 6. The summed E-state index contributed by atoms with van der Waals surface area (Å²) in [5.74, 6) is 0.136. The highest BCUT2D eigenvalue weighted by Crippen LogP contribution is 2.36. The summed E-state index contributed by atoms with van der Waals surface area (Å²) in [4.78, 5) is 39.9. The Morgan fingerprint density at radius 3 is 1.11 bits per heavy atom. The van der Waals surface area contributed by atoms with Gasteiger partial charge in [-0.25, -0.2) is 0 Å². The molecule has 0 aliphatic carbocycles. The van der Waals surface area contributed by atoms with Gasteiger partial charge in [0.05, 0.1) is 10.8 Å². The molecule has 1 atom stereocenters. The van der Waals surface area contributed by atoms with Crippen LogP contribution in [0.25, 0.3) is 33.1 Å². The van der Waals surface area contributed by atoms with E-state index in [1.54, 1.807) is 18.2 Å². The SMILES string of the molecule is O=C(c1ccccc1)c1ccc(-c2ccccc2)cc1.O=C(c1ccccc1)c1ccccc1.O=c1c2ccccc2oc2ccccc12.[O-][S+]1c2ccccc2Cc2cc(Cl)ccc21.[O-][S+]1c2ccccc2Cc2ccccc21. The van der Waals surface area contributed by atoms with Crippen LogP contribution in [-0.4, -0.2) is 20.7 Å². The van der Waals surface area contributed by atoms with E-state index in [1.165, 1.54) is 11.1 Å². The quantitative estimate of drug-likeness (QED) is 0.0964. The van der Waals surface area contributed by atoms with Gasteiger partial charge in [-0.15, -0.1) is 0 Å². The molecule has 0 saturated heterocycles. The lowest BCUT2D eigenvalue weighted by Crippen LogP contribution is -2.14. The normalized spacial score (nSPS) is 12.6. The van der Waals surface area contributed by atoms with Gasteiger partial charge >= 0.3 is 0 Å². The summed E-state index contributed by atoms with van der Waals surface area (Å²) in [6.45, 7) is 0. The van der Waals surface area contributed by atoms with Crippen molar-refractivity contribution >= 4 is 67.5 Å². The van der Waals surface area contributed by atoms with Crippen LogP contribution in [0.3, 0.4) is 0 Å². The summed E-state index contributed by atoms with van der Waals surface area (Å²) in [6.07, 6.45) is 1.72. The first-order valence-electron chi connectivity index (χ1n) is 25.9. The fourth-order valence-corrected chi connectivity index (χ4v) is 12.3. The van der Waals surface area contributed by atoms with Gasteiger partial charge in [-0.1, -0.05) is 236 Å². The van der Waals surface area contributed by atoms with Crippen molar-refractivity contribution in [3.05, 3.63) is 345 Å². The summed E-state index contributed by atoms with van der Waals surface area (Å²) in [5, 5.41) is 1.97. The first kappa shape index (κ1) is 54.5. The van der Waals surface area contributed by atoms with Crippen molar-refractivity contribution in [2.24, 2.45) is 0 Å². The van der Waals surface area contributed by atoms with Crippen molar-refractivity contribution in [1.29, 1.82) is 0 Å². The third-order valence-corrected chi connectivity index (χ3v) is 16.8. The van der Waals surface area contributed by atoms with Crippen LogP contribution in [0.2, 0.25) is 5.02 Å². The lowest BCUT2D eigenvalue weighted by atomic mass is 9.99. The van der Waals surface area contributed by atoms with E-state index in [4.69, 9.17) is 16.0 Å². The zero-order valence-corrected chi connectivity index (χ0v) is 45.6. The largest absolute Gasteiger partial charge is 0.606 e. The van der Waals surface area contributed by atoms with Crippen molar-refractivity contribution in [2.75, 3.05) is 0 Å². The number of carbonyl (C=O) groups excluding carboxylic acids is 2. The lowest BCUT2D eigenvalue weighted by molar-refractivity contribution is 0.103. The molecule has 2 aliphatic heterocycles. The molecule has 3 heterocycles. The van der Waals surface area contributed by atoms with Crippen molar-refractivity contribution in [3.63, 3.8) is 0 Å². The van der Waals surface area contributed by atoms with Gasteiger partial charge < -0.3 is 13.5 Å². The molecule has 390 valence electrons. The number of halogens is 1. The van der Waals surface area contributed by atoms with Crippen LogP contribution in [-0.2, 0) is 35.2 Å². The minimum atomic E-state index is -1.06. The number of benzene rings is 11. The standard InChI is InChI=1S/C19H14O.C13H9ClOS.C13H8O2.C13H10OS.C13H10O/c20-19(17-9-5-2-6-10-17)18-13-11-16(12-14-18)15-7-3-1-4-8-15;14-11-5-6-13-10(8-11)7-9-3-1-2-4-12(9)16(13)15;14-13-9-5-1-3-7-11(9)15-12-8-4-2-6-10(12)13;14-15-12-7-3-1-5-10(12)9-11-6-2-4-8-13(11)15;14-13(11-7-3-1-4-8-11)12-9-5-2-6-10-12/h1-14H;1-6,8H,7H2;1-8H;1-8H,9H2;1-10H. The molecule has 0 radical (unpaired) electrons. The third kappa shape index (κ3) is 13.0. The fraction of sp³-hybridized carbons (Fsp3) is 0.0282. The molecule has 0 spiro atoms. The zero-order valence-electron chi connectivity index (χ0n) is 43.2. The van der Waals surface area contributed by atoms with E-state index in [0.717, 1.165) is 76.9 Å². The fourth-order valence-electron chi connectivity index (χ4n) is 9.30. The maximum absolute atomic E-state index is 12.3. The van der Waals surface area contributed by atoms with Crippen LogP contribution in [0.15, 0.2) is 314 Å². The molecule has 2 aliphatic rings. The Balaban J connectivity index is 0.000000113. The van der Waals surface area contributed by atoms with E-state index in [9.17, 15) is 23.5 Å². The smallest absolute Gasteiger partial charge is 0.200 e. The minimum absolute atomic E-state index is 0.0347. The minimum Gasteiger partial charge on any atom is -0.606 e. The number of hydrogen-bond donors (Lipinski definition) is 0. The summed E-state index contributed by atoms with van der Waals surface area (Å²) in [7, 11) is 0. The van der Waals surface area contributed by atoms with Gasteiger partial charge in [-0.05, 0) is 71.8 Å². The molecule has 1 unspecified atom stereocenters. The Kier molecular flexibility index (Phi) is 17.8.